The Morgan fingerprint density at radius 3 is 2.29 bits per heavy atom. The molecule has 0 saturated carbocycles. The molecule has 1 heterocycles. The van der Waals surface area contributed by atoms with Gasteiger partial charge in [-0.15, -0.1) is 0 Å². The van der Waals surface area contributed by atoms with E-state index in [-0.39, 0.29) is 17.7 Å². The Kier molecular flexibility index (Phi) is 7.71. The van der Waals surface area contributed by atoms with Crippen LogP contribution in [0.3, 0.4) is 0 Å². The lowest BCUT2D eigenvalue weighted by molar-refractivity contribution is -0.117. The Bertz CT molecular complexity index is 1290. The van der Waals surface area contributed by atoms with Crippen LogP contribution in [0.15, 0.2) is 91.3 Å². The molecule has 6 nitrogen and oxygen atoms in total. The first-order chi connectivity index (χ1) is 17.0. The fraction of sp³-hybridized carbons (Fsp3) is 0.207. The Hall–Kier alpha value is -4.21. The van der Waals surface area contributed by atoms with Crippen molar-refractivity contribution in [1.82, 2.24) is 15.1 Å². The smallest absolute Gasteiger partial charge is 0.233 e. The molecular weight excluding hydrogens is 434 g/mol. The van der Waals surface area contributed by atoms with E-state index in [2.05, 4.69) is 28.7 Å². The average molecular weight is 464 g/mol. The predicted octanol–water partition coefficient (Wildman–Crippen LogP) is 5.07. The third-order valence-corrected chi connectivity index (χ3v) is 6.12. The second-order valence-corrected chi connectivity index (χ2v) is 8.73. The number of nitrogens with zero attached hydrogens (tertiary/aromatic N) is 3. The van der Waals surface area contributed by atoms with Crippen LogP contribution in [0.5, 0.6) is 0 Å². The van der Waals surface area contributed by atoms with E-state index >= 15 is 0 Å². The number of benzene rings is 3. The number of aromatic nitrogens is 2. The average Bonchev–Trinajstić information content (AvgIpc) is 3.33. The predicted molar refractivity (Wildman–Crippen MR) is 139 cm³/mol. The Balaban J connectivity index is 1.40. The lowest BCUT2D eigenvalue weighted by atomic mass is 9.96. The third kappa shape index (κ3) is 6.23. The molecule has 4 aromatic rings. The number of rotatable bonds is 9. The van der Waals surface area contributed by atoms with Crippen LogP contribution in [-0.4, -0.2) is 28.8 Å². The van der Waals surface area contributed by atoms with Gasteiger partial charge in [-0.2, -0.15) is 10.4 Å². The SMILES string of the molecule is C[C@H](CNCC(C(=O)Nc1ccc(-c2cnn(C)c2)cc1)c1ccccc1)c1ccc(C#N)cc1. The van der Waals surface area contributed by atoms with Crippen molar-refractivity contribution in [3.8, 4) is 17.2 Å². The highest BCUT2D eigenvalue weighted by Crippen LogP contribution is 2.23. The molecule has 0 aliphatic carbocycles. The van der Waals surface area contributed by atoms with E-state index < -0.39 is 0 Å². The van der Waals surface area contributed by atoms with Crippen molar-refractivity contribution in [3.05, 3.63) is 108 Å². The number of hydrogen-bond donors (Lipinski definition) is 2. The van der Waals surface area contributed by atoms with Gasteiger partial charge in [0.15, 0.2) is 0 Å². The lowest BCUT2D eigenvalue weighted by Crippen LogP contribution is -2.32. The summed E-state index contributed by atoms with van der Waals surface area (Å²) in [5, 5.41) is 19.8. The first kappa shape index (κ1) is 23.9. The molecule has 1 amide bonds. The maximum atomic E-state index is 13.3. The molecule has 3 aromatic carbocycles. The van der Waals surface area contributed by atoms with E-state index in [1.54, 1.807) is 4.68 Å². The van der Waals surface area contributed by atoms with Gasteiger partial charge >= 0.3 is 0 Å². The molecule has 35 heavy (non-hydrogen) atoms. The molecule has 176 valence electrons. The zero-order valence-electron chi connectivity index (χ0n) is 20.0. The largest absolute Gasteiger partial charge is 0.326 e. The van der Waals surface area contributed by atoms with Crippen molar-refractivity contribution < 1.29 is 4.79 Å². The van der Waals surface area contributed by atoms with Gasteiger partial charge in [0.2, 0.25) is 5.91 Å². The molecular formula is C29H29N5O. The van der Waals surface area contributed by atoms with Crippen molar-refractivity contribution in [2.24, 2.45) is 7.05 Å². The van der Waals surface area contributed by atoms with E-state index in [0.29, 0.717) is 12.1 Å². The third-order valence-electron chi connectivity index (χ3n) is 6.12. The van der Waals surface area contributed by atoms with Crippen LogP contribution in [0.1, 0.15) is 35.4 Å². The van der Waals surface area contributed by atoms with Crippen molar-refractivity contribution in [2.45, 2.75) is 18.8 Å². The van der Waals surface area contributed by atoms with Gasteiger partial charge in [0.1, 0.15) is 0 Å². The van der Waals surface area contributed by atoms with Crippen molar-refractivity contribution in [1.29, 1.82) is 5.26 Å². The van der Waals surface area contributed by atoms with E-state index in [1.165, 1.54) is 0 Å². The molecule has 4 rings (SSSR count). The normalized spacial score (nSPS) is 12.5. The topological polar surface area (TPSA) is 82.7 Å². The summed E-state index contributed by atoms with van der Waals surface area (Å²) in [6.45, 7) is 3.38. The molecule has 0 radical (unpaired) electrons. The summed E-state index contributed by atoms with van der Waals surface area (Å²) >= 11 is 0. The van der Waals surface area contributed by atoms with E-state index in [4.69, 9.17) is 5.26 Å². The molecule has 2 atom stereocenters. The summed E-state index contributed by atoms with van der Waals surface area (Å²) in [7, 11) is 1.89. The van der Waals surface area contributed by atoms with Gasteiger partial charge in [-0.25, -0.2) is 0 Å². The number of carbonyl (C=O) groups is 1. The molecule has 1 aromatic heterocycles. The van der Waals surface area contributed by atoms with Crippen molar-refractivity contribution >= 4 is 11.6 Å². The van der Waals surface area contributed by atoms with Gasteiger partial charge in [-0.1, -0.05) is 61.5 Å². The molecule has 2 N–H and O–H groups in total. The number of anilines is 1. The highest BCUT2D eigenvalue weighted by molar-refractivity contribution is 5.96. The van der Waals surface area contributed by atoms with Crippen LogP contribution in [0.2, 0.25) is 0 Å². The Morgan fingerprint density at radius 2 is 1.66 bits per heavy atom. The molecule has 0 saturated heterocycles. The quantitative estimate of drug-likeness (QED) is 0.363. The van der Waals surface area contributed by atoms with Gasteiger partial charge in [0.25, 0.3) is 0 Å². The minimum atomic E-state index is -0.331. The lowest BCUT2D eigenvalue weighted by Gasteiger charge is -2.20. The number of nitriles is 1. The molecule has 0 bridgehead atoms. The molecule has 0 aliphatic heterocycles. The summed E-state index contributed by atoms with van der Waals surface area (Å²) < 4.78 is 1.77. The van der Waals surface area contributed by atoms with Crippen LogP contribution < -0.4 is 10.6 Å². The molecule has 0 spiro atoms. The Morgan fingerprint density at radius 1 is 0.943 bits per heavy atom. The second-order valence-electron chi connectivity index (χ2n) is 8.73. The molecule has 0 fully saturated rings. The molecule has 0 aliphatic rings. The monoisotopic (exact) mass is 463 g/mol. The fourth-order valence-electron chi connectivity index (χ4n) is 4.04. The van der Waals surface area contributed by atoms with Crippen molar-refractivity contribution in [3.63, 3.8) is 0 Å². The van der Waals surface area contributed by atoms with Gasteiger partial charge in [0, 0.05) is 37.6 Å². The van der Waals surface area contributed by atoms with Gasteiger partial charge < -0.3 is 10.6 Å². The first-order valence-electron chi connectivity index (χ1n) is 11.7. The number of amides is 1. The van der Waals surface area contributed by atoms with Crippen molar-refractivity contribution in [2.75, 3.05) is 18.4 Å². The summed E-state index contributed by atoms with van der Waals surface area (Å²) in [6, 6.07) is 27.5. The van der Waals surface area contributed by atoms with Crippen LogP contribution in [0.4, 0.5) is 5.69 Å². The number of carbonyl (C=O) groups excluding carboxylic acids is 1. The molecule has 1 unspecified atom stereocenters. The number of hydrogen-bond acceptors (Lipinski definition) is 4. The maximum absolute atomic E-state index is 13.3. The van der Waals surface area contributed by atoms with E-state index in [9.17, 15) is 4.79 Å². The zero-order valence-corrected chi connectivity index (χ0v) is 20.0. The first-order valence-corrected chi connectivity index (χ1v) is 11.7. The second kappa shape index (κ2) is 11.3. The standard InChI is InChI=1S/C29H29N5O/c1-21(23-10-8-22(16-30)9-11-23)17-31-19-28(25-6-4-3-5-7-25)29(35)33-27-14-12-24(13-15-27)26-18-32-34(2)20-26/h3-15,18,20-21,28,31H,17,19H2,1-2H3,(H,33,35)/t21-,28?/m1/s1. The van der Waals surface area contributed by atoms with Crippen LogP contribution in [-0.2, 0) is 11.8 Å². The summed E-state index contributed by atoms with van der Waals surface area (Å²) in [5.74, 6) is -0.131. The van der Waals surface area contributed by atoms with Gasteiger partial charge in [-0.05, 0) is 46.9 Å². The summed E-state index contributed by atoms with van der Waals surface area (Å²) in [5.41, 5.74) is 5.63. The minimum Gasteiger partial charge on any atom is -0.326 e. The number of aryl methyl sites for hydroxylation is 1. The summed E-state index contributed by atoms with van der Waals surface area (Å²) in [4.78, 5) is 13.3. The van der Waals surface area contributed by atoms with E-state index in [0.717, 1.165) is 34.5 Å². The maximum Gasteiger partial charge on any atom is 0.233 e. The Labute approximate surface area is 206 Å². The van der Waals surface area contributed by atoms with Gasteiger partial charge in [0.05, 0.1) is 23.7 Å². The molecule has 6 heteroatoms. The highest BCUT2D eigenvalue weighted by atomic mass is 16.1. The van der Waals surface area contributed by atoms with Crippen LogP contribution >= 0.6 is 0 Å². The number of nitrogens with one attached hydrogen (secondary N) is 2. The minimum absolute atomic E-state index is 0.0520. The highest BCUT2D eigenvalue weighted by Gasteiger charge is 2.21. The fourth-order valence-corrected chi connectivity index (χ4v) is 4.04. The zero-order chi connectivity index (χ0) is 24.6. The van der Waals surface area contributed by atoms with Crippen LogP contribution in [0, 0.1) is 11.3 Å². The summed E-state index contributed by atoms with van der Waals surface area (Å²) in [6.07, 6.45) is 3.78. The van der Waals surface area contributed by atoms with E-state index in [1.807, 2.05) is 98.3 Å². The van der Waals surface area contributed by atoms with Crippen LogP contribution in [0.25, 0.3) is 11.1 Å². The van der Waals surface area contributed by atoms with Gasteiger partial charge in [-0.3, -0.25) is 9.48 Å².